The summed E-state index contributed by atoms with van der Waals surface area (Å²) in [6, 6.07) is 8.84. The van der Waals surface area contributed by atoms with E-state index in [4.69, 9.17) is 9.47 Å². The molecule has 0 radical (unpaired) electrons. The van der Waals surface area contributed by atoms with Gasteiger partial charge in [0, 0.05) is 48.8 Å². The van der Waals surface area contributed by atoms with Crippen LogP contribution in [0, 0.1) is 11.6 Å². The molecule has 5 rings (SSSR count). The van der Waals surface area contributed by atoms with Gasteiger partial charge in [0.2, 0.25) is 0 Å². The van der Waals surface area contributed by atoms with E-state index in [1.54, 1.807) is 20.8 Å². The van der Waals surface area contributed by atoms with Gasteiger partial charge in [-0.15, -0.1) is 0 Å². The van der Waals surface area contributed by atoms with Crippen LogP contribution in [0.2, 0.25) is 0 Å². The largest absolute Gasteiger partial charge is 0.488 e. The van der Waals surface area contributed by atoms with E-state index in [1.807, 2.05) is 36.1 Å². The van der Waals surface area contributed by atoms with Crippen LogP contribution in [0.5, 0.6) is 5.75 Å². The van der Waals surface area contributed by atoms with E-state index in [9.17, 15) is 9.18 Å². The Morgan fingerprint density at radius 3 is 2.47 bits per heavy atom. The van der Waals surface area contributed by atoms with Gasteiger partial charge in [-0.25, -0.2) is 18.1 Å². The van der Waals surface area contributed by atoms with Crippen molar-refractivity contribution in [1.82, 2.24) is 14.8 Å². The van der Waals surface area contributed by atoms with E-state index in [2.05, 4.69) is 5.32 Å². The number of benzene rings is 2. The summed E-state index contributed by atoms with van der Waals surface area (Å²) in [6.07, 6.45) is 0.250. The second-order valence-electron chi connectivity index (χ2n) is 11.2. The Hall–Kier alpha value is -3.04. The summed E-state index contributed by atoms with van der Waals surface area (Å²) in [4.78, 5) is 15.5. The first-order chi connectivity index (χ1) is 18.1. The lowest BCUT2D eigenvalue weighted by atomic mass is 9.90. The molecule has 38 heavy (non-hydrogen) atoms. The predicted octanol–water partition coefficient (Wildman–Crippen LogP) is 5.75. The second-order valence-corrected chi connectivity index (χ2v) is 11.2. The lowest BCUT2D eigenvalue weighted by Crippen LogP contribution is -2.53. The van der Waals surface area contributed by atoms with Crippen LogP contribution < -0.4 is 10.1 Å². The molecule has 0 unspecified atom stereocenters. The van der Waals surface area contributed by atoms with Crippen molar-refractivity contribution in [3.63, 3.8) is 0 Å². The van der Waals surface area contributed by atoms with Gasteiger partial charge in [0.25, 0.3) is 0 Å². The number of halogens is 3. The number of para-hydroxylation sites is 1. The highest BCUT2D eigenvalue weighted by Crippen LogP contribution is 2.40. The quantitative estimate of drug-likeness (QED) is 0.441. The van der Waals surface area contributed by atoms with Gasteiger partial charge in [-0.2, -0.15) is 0 Å². The number of hydrogen-bond donors (Lipinski definition) is 1. The topological polar surface area (TPSA) is 55.7 Å². The fraction of sp³-hybridized carbons (Fsp3) is 0.483. The summed E-state index contributed by atoms with van der Waals surface area (Å²) >= 11 is 0. The molecular weight excluding hydrogens is 495 g/mol. The SMILES string of the molecule is C[C@@H]1Cc2c(n(C(=O)OC(C)(C)C)c3ccccc23)[C@@H](c2c(F)cc(OC3CN(CCCF)C3)cc2F)N1. The van der Waals surface area contributed by atoms with Gasteiger partial charge >= 0.3 is 6.09 Å². The summed E-state index contributed by atoms with van der Waals surface area (Å²) < 4.78 is 56.7. The molecule has 0 spiro atoms. The maximum absolute atomic E-state index is 15.7. The lowest BCUT2D eigenvalue weighted by Gasteiger charge is -2.39. The van der Waals surface area contributed by atoms with Crippen LogP contribution in [-0.4, -0.2) is 59.6 Å². The summed E-state index contributed by atoms with van der Waals surface area (Å²) in [5.41, 5.74) is 1.06. The minimum absolute atomic E-state index is 0.0922. The fourth-order valence-electron chi connectivity index (χ4n) is 5.46. The monoisotopic (exact) mass is 529 g/mol. The molecule has 6 nitrogen and oxygen atoms in total. The van der Waals surface area contributed by atoms with E-state index < -0.39 is 29.4 Å². The van der Waals surface area contributed by atoms with Gasteiger partial charge in [-0.05, 0) is 52.2 Å². The lowest BCUT2D eigenvalue weighted by molar-refractivity contribution is 0.0180. The van der Waals surface area contributed by atoms with E-state index in [-0.39, 0.29) is 30.1 Å². The Morgan fingerprint density at radius 1 is 1.13 bits per heavy atom. The number of carbonyl (C=O) groups is 1. The van der Waals surface area contributed by atoms with Crippen molar-refractivity contribution in [3.8, 4) is 5.75 Å². The Bertz CT molecular complexity index is 1320. The van der Waals surface area contributed by atoms with E-state index in [0.29, 0.717) is 43.7 Å². The van der Waals surface area contributed by atoms with Gasteiger partial charge in [-0.1, -0.05) is 18.2 Å². The first-order valence-electron chi connectivity index (χ1n) is 13.1. The molecule has 1 N–H and O–H groups in total. The smallest absolute Gasteiger partial charge is 0.419 e. The van der Waals surface area contributed by atoms with E-state index in [0.717, 1.165) is 10.9 Å². The number of nitrogens with zero attached hydrogens (tertiary/aromatic N) is 2. The number of carbonyl (C=O) groups excluding carboxylic acids is 1. The number of fused-ring (bicyclic) bond motifs is 3. The molecule has 9 heteroatoms. The molecule has 3 aromatic rings. The maximum atomic E-state index is 15.7. The highest BCUT2D eigenvalue weighted by atomic mass is 19.1. The van der Waals surface area contributed by atoms with E-state index in [1.165, 1.54) is 16.7 Å². The highest BCUT2D eigenvalue weighted by molar-refractivity contribution is 5.94. The van der Waals surface area contributed by atoms with Gasteiger partial charge in [0.15, 0.2) is 0 Å². The fourth-order valence-corrected chi connectivity index (χ4v) is 5.46. The van der Waals surface area contributed by atoms with Crippen LogP contribution in [0.25, 0.3) is 10.9 Å². The first-order valence-corrected chi connectivity index (χ1v) is 13.1. The van der Waals surface area contributed by atoms with Crippen LogP contribution in [0.1, 0.15) is 57.0 Å². The summed E-state index contributed by atoms with van der Waals surface area (Å²) in [6.45, 7) is 8.73. The number of rotatable bonds is 6. The Morgan fingerprint density at radius 2 is 1.82 bits per heavy atom. The van der Waals surface area contributed by atoms with Crippen molar-refractivity contribution in [3.05, 3.63) is 64.9 Å². The van der Waals surface area contributed by atoms with Gasteiger partial charge in [0.1, 0.15) is 29.1 Å². The third-order valence-corrected chi connectivity index (χ3v) is 7.01. The van der Waals surface area contributed by atoms with Gasteiger partial charge in [-0.3, -0.25) is 9.29 Å². The molecular formula is C29H34F3N3O3. The maximum Gasteiger partial charge on any atom is 0.419 e. The normalized spacial score (nSPS) is 20.3. The zero-order valence-electron chi connectivity index (χ0n) is 22.2. The van der Waals surface area contributed by atoms with Crippen molar-refractivity contribution in [2.24, 2.45) is 0 Å². The molecule has 1 saturated heterocycles. The third kappa shape index (κ3) is 5.14. The van der Waals surface area contributed by atoms with Crippen LogP contribution in [0.4, 0.5) is 18.0 Å². The number of nitrogens with one attached hydrogen (secondary N) is 1. The van der Waals surface area contributed by atoms with Crippen molar-refractivity contribution >= 4 is 17.0 Å². The molecule has 0 bridgehead atoms. The van der Waals surface area contributed by atoms with Crippen LogP contribution in [0.15, 0.2) is 36.4 Å². The molecule has 1 aromatic heterocycles. The number of aromatic nitrogens is 1. The number of hydrogen-bond acceptors (Lipinski definition) is 5. The van der Waals surface area contributed by atoms with Gasteiger partial charge in [0.05, 0.1) is 23.9 Å². The minimum atomic E-state index is -0.914. The Kier molecular flexibility index (Phi) is 7.17. The van der Waals surface area contributed by atoms with Crippen LogP contribution in [-0.2, 0) is 11.2 Å². The highest BCUT2D eigenvalue weighted by Gasteiger charge is 2.37. The molecule has 2 aliphatic heterocycles. The van der Waals surface area contributed by atoms with Crippen LogP contribution in [0.3, 0.4) is 0 Å². The molecule has 2 aromatic carbocycles. The average molecular weight is 530 g/mol. The second kappa shape index (κ2) is 10.3. The standard InChI is InChI=1S/C29H34F3N3O3/c1-17-12-21-20-8-5-6-9-24(20)35(28(36)38-29(2,3)4)27(21)26(33-17)25-22(31)13-18(14-23(25)32)37-19-15-34(16-19)11-7-10-30/h5-6,8-9,13-14,17,19,26,33H,7,10-12,15-16H2,1-4H3/t17-,26-/m1/s1. The molecule has 204 valence electrons. The van der Waals surface area contributed by atoms with E-state index >= 15 is 8.78 Å². The molecule has 2 atom stereocenters. The predicted molar refractivity (Wildman–Crippen MR) is 140 cm³/mol. The molecule has 2 aliphatic rings. The van der Waals surface area contributed by atoms with Crippen molar-refractivity contribution in [2.75, 3.05) is 26.3 Å². The average Bonchev–Trinajstić information content (AvgIpc) is 3.13. The third-order valence-electron chi connectivity index (χ3n) is 7.01. The summed E-state index contributed by atoms with van der Waals surface area (Å²) in [5.74, 6) is -1.41. The van der Waals surface area contributed by atoms with Crippen molar-refractivity contribution in [2.45, 2.75) is 64.3 Å². The Balaban J connectivity index is 1.52. The van der Waals surface area contributed by atoms with Crippen molar-refractivity contribution in [1.29, 1.82) is 0 Å². The Labute approximate surface area is 220 Å². The number of likely N-dealkylation sites (tertiary alicyclic amines) is 1. The molecule has 0 aliphatic carbocycles. The molecule has 1 fully saturated rings. The van der Waals surface area contributed by atoms with Crippen molar-refractivity contribution < 1.29 is 27.4 Å². The number of alkyl halides is 1. The van der Waals surface area contributed by atoms with Crippen LogP contribution >= 0.6 is 0 Å². The number of ether oxygens (including phenoxy) is 2. The molecule has 0 saturated carbocycles. The summed E-state index contributed by atoms with van der Waals surface area (Å²) in [7, 11) is 0. The molecule has 3 heterocycles. The zero-order chi connectivity index (χ0) is 27.2. The summed E-state index contributed by atoms with van der Waals surface area (Å²) in [5, 5.41) is 4.17. The first kappa shape index (κ1) is 26.6. The minimum Gasteiger partial charge on any atom is -0.488 e. The van der Waals surface area contributed by atoms with Gasteiger partial charge < -0.3 is 14.8 Å². The molecule has 0 amide bonds. The zero-order valence-corrected chi connectivity index (χ0v) is 22.2.